The molecule has 3 aliphatic heterocycles. The molecule has 0 aliphatic carbocycles. The highest BCUT2D eigenvalue weighted by Crippen LogP contribution is 2.51. The molecular weight excluding hydrogens is 384 g/mol. The van der Waals surface area contributed by atoms with Gasteiger partial charge in [-0.15, -0.1) is 0 Å². The van der Waals surface area contributed by atoms with Crippen molar-refractivity contribution in [3.05, 3.63) is 65.4 Å². The van der Waals surface area contributed by atoms with Gasteiger partial charge in [0.1, 0.15) is 17.5 Å². The number of ether oxygens (including phenoxy) is 2. The summed E-state index contributed by atoms with van der Waals surface area (Å²) in [4.78, 5) is 41.1. The second kappa shape index (κ2) is 6.73. The predicted molar refractivity (Wildman–Crippen MR) is 108 cm³/mol. The molecular formula is C23H20N2O5. The number of benzene rings is 2. The molecule has 2 aromatic carbocycles. The van der Waals surface area contributed by atoms with Gasteiger partial charge in [-0.1, -0.05) is 24.3 Å². The summed E-state index contributed by atoms with van der Waals surface area (Å²) >= 11 is 0. The Morgan fingerprint density at radius 3 is 2.53 bits per heavy atom. The molecule has 2 saturated heterocycles. The maximum Gasteiger partial charge on any atom is 0.233 e. The van der Waals surface area contributed by atoms with Crippen molar-refractivity contribution >= 4 is 23.7 Å². The fourth-order valence-corrected chi connectivity index (χ4v) is 4.94. The highest BCUT2D eigenvalue weighted by atomic mass is 16.5. The first-order valence-electron chi connectivity index (χ1n) is 9.70. The molecule has 2 amide bonds. The standard InChI is InChI=1S/C23H20N2O5/c1-29-13-7-8-16(30-2)15(11-13)21(26)20-18-17(22(27)24-23(18)28)19-14-6-4-3-5-12(14)9-10-25(19)20/h3-11,17-20H,1-2H3,(H,24,27,28). The van der Waals surface area contributed by atoms with Crippen LogP contribution in [0.4, 0.5) is 0 Å². The molecule has 7 heteroatoms. The number of hydrogen-bond acceptors (Lipinski definition) is 6. The molecule has 0 bridgehead atoms. The molecule has 152 valence electrons. The molecule has 0 radical (unpaired) electrons. The fourth-order valence-electron chi connectivity index (χ4n) is 4.94. The summed E-state index contributed by atoms with van der Waals surface area (Å²) in [6.45, 7) is 0. The van der Waals surface area contributed by atoms with Crippen molar-refractivity contribution in [2.45, 2.75) is 12.1 Å². The van der Waals surface area contributed by atoms with Gasteiger partial charge in [0.15, 0.2) is 5.78 Å². The number of hydrogen-bond donors (Lipinski definition) is 1. The number of carbonyl (C=O) groups excluding carboxylic acids is 3. The van der Waals surface area contributed by atoms with Crippen molar-refractivity contribution in [3.63, 3.8) is 0 Å². The number of ketones is 1. The van der Waals surface area contributed by atoms with E-state index in [4.69, 9.17) is 9.47 Å². The van der Waals surface area contributed by atoms with Gasteiger partial charge in [-0.25, -0.2) is 0 Å². The second-order valence-corrected chi connectivity index (χ2v) is 7.62. The zero-order chi connectivity index (χ0) is 21.0. The molecule has 2 fully saturated rings. The first-order valence-corrected chi connectivity index (χ1v) is 9.70. The van der Waals surface area contributed by atoms with Crippen LogP contribution in [-0.2, 0) is 9.59 Å². The summed E-state index contributed by atoms with van der Waals surface area (Å²) < 4.78 is 10.7. The maximum atomic E-state index is 13.8. The molecule has 2 aromatic rings. The van der Waals surface area contributed by atoms with Gasteiger partial charge in [0.2, 0.25) is 11.8 Å². The molecule has 3 heterocycles. The molecule has 30 heavy (non-hydrogen) atoms. The van der Waals surface area contributed by atoms with Crippen LogP contribution in [0.3, 0.4) is 0 Å². The SMILES string of the molecule is COc1ccc(OC)c(C(=O)C2C3C(=O)NC(=O)C3C3c4ccccc4C=CN23)c1. The number of imide groups is 1. The summed E-state index contributed by atoms with van der Waals surface area (Å²) in [6.07, 6.45) is 3.74. The van der Waals surface area contributed by atoms with Crippen LogP contribution in [0, 0.1) is 11.8 Å². The Morgan fingerprint density at radius 2 is 1.77 bits per heavy atom. The van der Waals surface area contributed by atoms with Crippen LogP contribution < -0.4 is 14.8 Å². The summed E-state index contributed by atoms with van der Waals surface area (Å²) in [5, 5.41) is 2.43. The zero-order valence-corrected chi connectivity index (χ0v) is 16.5. The third-order valence-electron chi connectivity index (χ3n) is 6.24. The van der Waals surface area contributed by atoms with Gasteiger partial charge in [-0.2, -0.15) is 0 Å². The van der Waals surface area contributed by atoms with Gasteiger partial charge in [0, 0.05) is 6.20 Å². The van der Waals surface area contributed by atoms with E-state index >= 15 is 0 Å². The molecule has 7 nitrogen and oxygen atoms in total. The van der Waals surface area contributed by atoms with E-state index < -0.39 is 23.8 Å². The van der Waals surface area contributed by atoms with E-state index in [-0.39, 0.29) is 17.7 Å². The highest BCUT2D eigenvalue weighted by molar-refractivity contribution is 6.12. The second-order valence-electron chi connectivity index (χ2n) is 7.62. The minimum absolute atomic E-state index is 0.280. The lowest BCUT2D eigenvalue weighted by Gasteiger charge is -2.34. The normalized spacial score (nSPS) is 26.0. The van der Waals surface area contributed by atoms with Gasteiger partial charge < -0.3 is 14.4 Å². The molecule has 1 N–H and O–H groups in total. The van der Waals surface area contributed by atoms with Crippen LogP contribution in [0.2, 0.25) is 0 Å². The molecule has 0 saturated carbocycles. The maximum absolute atomic E-state index is 13.8. The van der Waals surface area contributed by atoms with Crippen LogP contribution in [-0.4, -0.2) is 42.8 Å². The predicted octanol–water partition coefficient (Wildman–Crippen LogP) is 2.19. The molecule has 4 atom stereocenters. The Labute approximate surface area is 173 Å². The highest BCUT2D eigenvalue weighted by Gasteiger charge is 2.61. The Balaban J connectivity index is 1.65. The van der Waals surface area contributed by atoms with Gasteiger partial charge >= 0.3 is 0 Å². The number of nitrogens with one attached hydrogen (secondary N) is 1. The van der Waals surface area contributed by atoms with Gasteiger partial charge in [-0.3, -0.25) is 19.7 Å². The largest absolute Gasteiger partial charge is 0.497 e. The number of Topliss-reactive ketones (excluding diaryl/α,β-unsaturated/α-hetero) is 1. The lowest BCUT2D eigenvalue weighted by Crippen LogP contribution is -2.43. The quantitative estimate of drug-likeness (QED) is 0.621. The van der Waals surface area contributed by atoms with E-state index in [0.29, 0.717) is 17.1 Å². The van der Waals surface area contributed by atoms with Crippen LogP contribution in [0.1, 0.15) is 27.5 Å². The first-order chi connectivity index (χ1) is 14.5. The van der Waals surface area contributed by atoms with Crippen molar-refractivity contribution in [1.82, 2.24) is 10.2 Å². The van der Waals surface area contributed by atoms with Gasteiger partial charge in [-0.05, 0) is 35.4 Å². The number of nitrogens with zero attached hydrogens (tertiary/aromatic N) is 1. The van der Waals surface area contributed by atoms with Crippen molar-refractivity contribution in [2.24, 2.45) is 11.8 Å². The Morgan fingerprint density at radius 1 is 1.00 bits per heavy atom. The van der Waals surface area contributed by atoms with Gasteiger partial charge in [0.25, 0.3) is 0 Å². The minimum Gasteiger partial charge on any atom is -0.497 e. The van der Waals surface area contributed by atoms with E-state index in [2.05, 4.69) is 5.32 Å². The van der Waals surface area contributed by atoms with Crippen LogP contribution in [0.25, 0.3) is 6.08 Å². The number of carbonyl (C=O) groups is 3. The van der Waals surface area contributed by atoms with Crippen LogP contribution in [0.15, 0.2) is 48.7 Å². The van der Waals surface area contributed by atoms with Gasteiger partial charge in [0.05, 0.1) is 37.7 Å². The molecule has 0 aromatic heterocycles. The number of fused-ring (bicyclic) bond motifs is 5. The van der Waals surface area contributed by atoms with E-state index in [1.807, 2.05) is 41.4 Å². The van der Waals surface area contributed by atoms with E-state index in [1.165, 1.54) is 14.2 Å². The van der Waals surface area contributed by atoms with E-state index in [9.17, 15) is 14.4 Å². The van der Waals surface area contributed by atoms with Crippen LogP contribution in [0.5, 0.6) is 11.5 Å². The molecule has 3 aliphatic rings. The Kier molecular flexibility index (Phi) is 4.13. The van der Waals surface area contributed by atoms with Crippen molar-refractivity contribution in [1.29, 1.82) is 0 Å². The first kappa shape index (κ1) is 18.4. The number of rotatable bonds is 4. The number of methoxy groups -OCH3 is 2. The molecule has 0 spiro atoms. The third kappa shape index (κ3) is 2.48. The minimum atomic E-state index is -0.822. The zero-order valence-electron chi connectivity index (χ0n) is 16.5. The van der Waals surface area contributed by atoms with Crippen molar-refractivity contribution < 1.29 is 23.9 Å². The van der Waals surface area contributed by atoms with Crippen molar-refractivity contribution in [2.75, 3.05) is 14.2 Å². The lowest BCUT2D eigenvalue weighted by molar-refractivity contribution is -0.127. The van der Waals surface area contributed by atoms with Crippen molar-refractivity contribution in [3.8, 4) is 11.5 Å². The monoisotopic (exact) mass is 404 g/mol. The molecule has 5 rings (SSSR count). The third-order valence-corrected chi connectivity index (χ3v) is 6.24. The average molecular weight is 404 g/mol. The number of amides is 2. The summed E-state index contributed by atoms with van der Waals surface area (Å²) in [5.74, 6) is -1.53. The topological polar surface area (TPSA) is 84.9 Å². The summed E-state index contributed by atoms with van der Waals surface area (Å²) in [7, 11) is 3.01. The van der Waals surface area contributed by atoms with E-state index in [0.717, 1.165) is 11.1 Å². The Hall–Kier alpha value is -3.61. The fraction of sp³-hybridized carbons (Fsp3) is 0.261. The summed E-state index contributed by atoms with van der Waals surface area (Å²) in [5.41, 5.74) is 2.24. The summed E-state index contributed by atoms with van der Waals surface area (Å²) in [6, 6.07) is 11.5. The van der Waals surface area contributed by atoms with E-state index in [1.54, 1.807) is 18.2 Å². The molecule has 4 unspecified atom stereocenters. The van der Waals surface area contributed by atoms with Crippen LogP contribution >= 0.6 is 0 Å². The Bertz CT molecular complexity index is 1110. The smallest absolute Gasteiger partial charge is 0.233 e. The average Bonchev–Trinajstić information content (AvgIpc) is 3.27. The lowest BCUT2D eigenvalue weighted by atomic mass is 9.83.